The predicted molar refractivity (Wildman–Crippen MR) is 95.1 cm³/mol. The Morgan fingerprint density at radius 3 is 2.75 bits per heavy atom. The summed E-state index contributed by atoms with van der Waals surface area (Å²) < 4.78 is 0. The Morgan fingerprint density at radius 2 is 2.00 bits per heavy atom. The normalized spacial score (nSPS) is 11.0. The molecule has 0 spiro atoms. The van der Waals surface area contributed by atoms with E-state index in [0.29, 0.717) is 11.5 Å². The number of aromatic amines is 1. The number of fused-ring (bicyclic) bond motifs is 1. The molecule has 6 nitrogen and oxygen atoms in total. The van der Waals surface area contributed by atoms with Gasteiger partial charge in [-0.25, -0.2) is 0 Å². The second-order valence-electron chi connectivity index (χ2n) is 5.97. The minimum Gasteiger partial charge on any atom is -0.368 e. The SMILES string of the molecule is CC(C)NC(=O)c1ccc(NCCc2c[nH]c3ccccc23)nn1. The number of H-pyrrole nitrogens is 1. The van der Waals surface area contributed by atoms with E-state index < -0.39 is 0 Å². The Bertz CT molecular complexity index is 823. The molecule has 0 aliphatic heterocycles. The Labute approximate surface area is 140 Å². The van der Waals surface area contributed by atoms with Gasteiger partial charge in [0.2, 0.25) is 0 Å². The lowest BCUT2D eigenvalue weighted by Gasteiger charge is -2.08. The van der Waals surface area contributed by atoms with Gasteiger partial charge in [0.15, 0.2) is 5.69 Å². The van der Waals surface area contributed by atoms with E-state index in [-0.39, 0.29) is 11.9 Å². The standard InChI is InChI=1S/C18H21N5O/c1-12(2)21-18(24)16-7-8-17(23-22-16)19-10-9-13-11-20-15-6-4-3-5-14(13)15/h3-8,11-12,20H,9-10H2,1-2H3,(H,19,23)(H,21,24). The highest BCUT2D eigenvalue weighted by Gasteiger charge is 2.09. The fourth-order valence-electron chi connectivity index (χ4n) is 2.55. The van der Waals surface area contributed by atoms with Crippen molar-refractivity contribution in [2.24, 2.45) is 0 Å². The Hall–Kier alpha value is -2.89. The quantitative estimate of drug-likeness (QED) is 0.651. The highest BCUT2D eigenvalue weighted by molar-refractivity contribution is 5.92. The number of carbonyl (C=O) groups is 1. The molecule has 0 atom stereocenters. The topological polar surface area (TPSA) is 82.7 Å². The van der Waals surface area contributed by atoms with Crippen LogP contribution in [0.15, 0.2) is 42.6 Å². The molecule has 3 aromatic rings. The molecule has 124 valence electrons. The average molecular weight is 323 g/mol. The Kier molecular flexibility index (Phi) is 4.74. The van der Waals surface area contributed by atoms with Crippen LogP contribution in [0.2, 0.25) is 0 Å². The summed E-state index contributed by atoms with van der Waals surface area (Å²) in [5, 5.41) is 15.3. The molecule has 6 heteroatoms. The maximum atomic E-state index is 11.8. The Balaban J connectivity index is 1.56. The largest absolute Gasteiger partial charge is 0.368 e. The Morgan fingerprint density at radius 1 is 1.17 bits per heavy atom. The molecular formula is C18H21N5O. The number of nitrogens with one attached hydrogen (secondary N) is 3. The van der Waals surface area contributed by atoms with E-state index in [1.165, 1.54) is 10.9 Å². The molecule has 0 bridgehead atoms. The fourth-order valence-corrected chi connectivity index (χ4v) is 2.55. The summed E-state index contributed by atoms with van der Waals surface area (Å²) in [4.78, 5) is 15.1. The van der Waals surface area contributed by atoms with Crippen molar-refractivity contribution in [3.8, 4) is 0 Å². The minimum atomic E-state index is -0.206. The van der Waals surface area contributed by atoms with Gasteiger partial charge in [-0.1, -0.05) is 18.2 Å². The number of nitrogens with zero attached hydrogens (tertiary/aromatic N) is 2. The third-order valence-corrected chi connectivity index (χ3v) is 3.69. The van der Waals surface area contributed by atoms with Gasteiger partial charge in [0.1, 0.15) is 5.82 Å². The number of amides is 1. The number of anilines is 1. The van der Waals surface area contributed by atoms with Crippen molar-refractivity contribution in [1.82, 2.24) is 20.5 Å². The second kappa shape index (κ2) is 7.12. The first-order valence-electron chi connectivity index (χ1n) is 8.07. The van der Waals surface area contributed by atoms with Crippen LogP contribution in [0.25, 0.3) is 10.9 Å². The number of para-hydroxylation sites is 1. The van der Waals surface area contributed by atoms with E-state index in [0.717, 1.165) is 18.5 Å². The molecule has 3 rings (SSSR count). The molecule has 0 fully saturated rings. The maximum absolute atomic E-state index is 11.8. The predicted octanol–water partition coefficient (Wildman–Crippen LogP) is 2.75. The molecule has 2 heterocycles. The van der Waals surface area contributed by atoms with Gasteiger partial charge in [0, 0.05) is 29.7 Å². The van der Waals surface area contributed by atoms with Crippen molar-refractivity contribution in [2.45, 2.75) is 26.3 Å². The van der Waals surface area contributed by atoms with Crippen LogP contribution in [0.1, 0.15) is 29.9 Å². The van der Waals surface area contributed by atoms with Gasteiger partial charge >= 0.3 is 0 Å². The second-order valence-corrected chi connectivity index (χ2v) is 5.97. The van der Waals surface area contributed by atoms with E-state index in [2.05, 4.69) is 37.9 Å². The summed E-state index contributed by atoms with van der Waals surface area (Å²) in [7, 11) is 0. The number of rotatable bonds is 6. The van der Waals surface area contributed by atoms with Crippen molar-refractivity contribution in [3.63, 3.8) is 0 Å². The zero-order chi connectivity index (χ0) is 16.9. The average Bonchev–Trinajstić information content (AvgIpc) is 2.98. The first-order chi connectivity index (χ1) is 11.6. The summed E-state index contributed by atoms with van der Waals surface area (Å²) in [5.74, 6) is 0.457. The lowest BCUT2D eigenvalue weighted by Crippen LogP contribution is -2.30. The van der Waals surface area contributed by atoms with E-state index in [1.807, 2.05) is 32.2 Å². The van der Waals surface area contributed by atoms with Crippen LogP contribution in [-0.2, 0) is 6.42 Å². The van der Waals surface area contributed by atoms with Crippen LogP contribution >= 0.6 is 0 Å². The van der Waals surface area contributed by atoms with Crippen LogP contribution in [-0.4, -0.2) is 33.7 Å². The molecule has 2 aromatic heterocycles. The zero-order valence-corrected chi connectivity index (χ0v) is 13.8. The van der Waals surface area contributed by atoms with Gasteiger partial charge in [-0.05, 0) is 44.0 Å². The summed E-state index contributed by atoms with van der Waals surface area (Å²) in [6.45, 7) is 4.56. The van der Waals surface area contributed by atoms with Crippen LogP contribution in [0.4, 0.5) is 5.82 Å². The molecule has 0 radical (unpaired) electrons. The maximum Gasteiger partial charge on any atom is 0.271 e. The summed E-state index contributed by atoms with van der Waals surface area (Å²) in [6, 6.07) is 11.8. The third-order valence-electron chi connectivity index (χ3n) is 3.69. The van der Waals surface area contributed by atoms with Gasteiger partial charge in [-0.3, -0.25) is 4.79 Å². The first-order valence-corrected chi connectivity index (χ1v) is 8.07. The first kappa shape index (κ1) is 16.0. The molecule has 0 aliphatic carbocycles. The van der Waals surface area contributed by atoms with Crippen LogP contribution < -0.4 is 10.6 Å². The van der Waals surface area contributed by atoms with E-state index in [1.54, 1.807) is 12.1 Å². The molecule has 3 N–H and O–H groups in total. The lowest BCUT2D eigenvalue weighted by molar-refractivity contribution is 0.0937. The number of carbonyl (C=O) groups excluding carboxylic acids is 1. The third kappa shape index (κ3) is 3.71. The van der Waals surface area contributed by atoms with E-state index >= 15 is 0 Å². The van der Waals surface area contributed by atoms with Crippen molar-refractivity contribution in [3.05, 3.63) is 53.9 Å². The van der Waals surface area contributed by atoms with Crippen molar-refractivity contribution < 1.29 is 4.79 Å². The van der Waals surface area contributed by atoms with Gasteiger partial charge < -0.3 is 15.6 Å². The number of hydrogen-bond acceptors (Lipinski definition) is 4. The highest BCUT2D eigenvalue weighted by atomic mass is 16.2. The van der Waals surface area contributed by atoms with Crippen LogP contribution in [0.3, 0.4) is 0 Å². The van der Waals surface area contributed by atoms with Crippen LogP contribution in [0, 0.1) is 0 Å². The number of hydrogen-bond donors (Lipinski definition) is 3. The van der Waals surface area contributed by atoms with Gasteiger partial charge in [-0.2, -0.15) is 0 Å². The summed E-state index contributed by atoms with van der Waals surface area (Å²) >= 11 is 0. The highest BCUT2D eigenvalue weighted by Crippen LogP contribution is 2.18. The van der Waals surface area contributed by atoms with Gasteiger partial charge in [0.05, 0.1) is 0 Å². The molecule has 1 amide bonds. The summed E-state index contributed by atoms with van der Waals surface area (Å²) in [5.41, 5.74) is 2.73. The monoisotopic (exact) mass is 323 g/mol. The molecule has 1 aromatic carbocycles. The zero-order valence-electron chi connectivity index (χ0n) is 13.8. The van der Waals surface area contributed by atoms with Gasteiger partial charge in [-0.15, -0.1) is 10.2 Å². The molecular weight excluding hydrogens is 302 g/mol. The van der Waals surface area contributed by atoms with Crippen molar-refractivity contribution in [1.29, 1.82) is 0 Å². The molecule has 0 saturated carbocycles. The lowest BCUT2D eigenvalue weighted by atomic mass is 10.1. The minimum absolute atomic E-state index is 0.0771. The summed E-state index contributed by atoms with van der Waals surface area (Å²) in [6.07, 6.45) is 2.92. The van der Waals surface area contributed by atoms with Crippen molar-refractivity contribution >= 4 is 22.6 Å². The fraction of sp³-hybridized carbons (Fsp3) is 0.278. The van der Waals surface area contributed by atoms with E-state index in [9.17, 15) is 4.79 Å². The smallest absolute Gasteiger partial charge is 0.271 e. The van der Waals surface area contributed by atoms with Crippen molar-refractivity contribution in [2.75, 3.05) is 11.9 Å². The van der Waals surface area contributed by atoms with Crippen LogP contribution in [0.5, 0.6) is 0 Å². The molecule has 0 unspecified atom stereocenters. The molecule has 24 heavy (non-hydrogen) atoms. The number of benzene rings is 1. The van der Waals surface area contributed by atoms with E-state index in [4.69, 9.17) is 0 Å². The van der Waals surface area contributed by atoms with Gasteiger partial charge in [0.25, 0.3) is 5.91 Å². The molecule has 0 saturated heterocycles. The molecule has 0 aliphatic rings. The number of aromatic nitrogens is 3.